The molecule has 1 aromatic heterocycles. The summed E-state index contributed by atoms with van der Waals surface area (Å²) in [6, 6.07) is 8.92. The molecule has 0 aliphatic carbocycles. The molecule has 1 unspecified atom stereocenters. The summed E-state index contributed by atoms with van der Waals surface area (Å²) >= 11 is 1.90. The molecule has 0 radical (unpaired) electrons. The van der Waals surface area contributed by atoms with Gasteiger partial charge in [0.15, 0.2) is 0 Å². The summed E-state index contributed by atoms with van der Waals surface area (Å²) in [6.45, 7) is 0. The minimum atomic E-state index is -1.13. The van der Waals surface area contributed by atoms with Gasteiger partial charge in [-0.3, -0.25) is 0 Å². The summed E-state index contributed by atoms with van der Waals surface area (Å²) in [7, 11) is 0. The predicted molar refractivity (Wildman–Crippen MR) is 79.9 cm³/mol. The fraction of sp³-hybridized carbons (Fsp3) is 0.333. The zero-order valence-corrected chi connectivity index (χ0v) is 12.1. The third-order valence-electron chi connectivity index (χ3n) is 3.30. The molecule has 0 amide bonds. The number of aromatic nitrogens is 1. The zero-order chi connectivity index (χ0) is 14.7. The van der Waals surface area contributed by atoms with Gasteiger partial charge in [0.05, 0.1) is 0 Å². The van der Waals surface area contributed by atoms with E-state index in [1.807, 2.05) is 36.0 Å². The van der Waals surface area contributed by atoms with E-state index < -0.39 is 5.97 Å². The van der Waals surface area contributed by atoms with Crippen LogP contribution in [0.5, 0.6) is 5.75 Å². The molecule has 1 aromatic carbocycles. The van der Waals surface area contributed by atoms with Gasteiger partial charge in [0.1, 0.15) is 17.5 Å². The van der Waals surface area contributed by atoms with Crippen LogP contribution in [-0.4, -0.2) is 33.8 Å². The molecule has 21 heavy (non-hydrogen) atoms. The number of hydrogen-bond donors (Lipinski definition) is 1. The number of carboxylic acids is 1. The lowest BCUT2D eigenvalue weighted by Gasteiger charge is -2.23. The van der Waals surface area contributed by atoms with Crippen LogP contribution < -0.4 is 4.74 Å². The molecule has 1 fully saturated rings. The molecule has 1 atom stereocenters. The van der Waals surface area contributed by atoms with Gasteiger partial charge in [0.2, 0.25) is 5.76 Å². The van der Waals surface area contributed by atoms with E-state index >= 15 is 0 Å². The smallest absolute Gasteiger partial charge is 0.374 e. The number of carboxylic acid groups (broad SMARTS) is 1. The predicted octanol–water partition coefficient (Wildman–Crippen LogP) is 3.31. The SMILES string of the molecule is O=C(O)c1cc(-c2ccccc2OC2CCCSC2)no1. The minimum Gasteiger partial charge on any atom is -0.489 e. The van der Waals surface area contributed by atoms with Crippen LogP contribution in [0, 0.1) is 0 Å². The number of para-hydroxylation sites is 1. The molecule has 6 heteroatoms. The molecule has 110 valence electrons. The van der Waals surface area contributed by atoms with Crippen molar-refractivity contribution in [2.75, 3.05) is 11.5 Å². The van der Waals surface area contributed by atoms with Crippen molar-refractivity contribution in [2.24, 2.45) is 0 Å². The van der Waals surface area contributed by atoms with Gasteiger partial charge < -0.3 is 14.4 Å². The molecule has 1 saturated heterocycles. The average Bonchev–Trinajstić information content (AvgIpc) is 2.99. The molecule has 0 spiro atoms. The first-order valence-corrected chi connectivity index (χ1v) is 7.93. The van der Waals surface area contributed by atoms with Crippen LogP contribution in [0.25, 0.3) is 11.3 Å². The maximum absolute atomic E-state index is 10.9. The topological polar surface area (TPSA) is 72.6 Å². The molecule has 1 aliphatic heterocycles. The number of nitrogens with zero attached hydrogens (tertiary/aromatic N) is 1. The van der Waals surface area contributed by atoms with E-state index in [1.54, 1.807) is 0 Å². The summed E-state index contributed by atoms with van der Waals surface area (Å²) in [5.74, 6) is 1.58. The Kier molecular flexibility index (Phi) is 4.15. The highest BCUT2D eigenvalue weighted by Gasteiger charge is 2.19. The number of hydrogen-bond acceptors (Lipinski definition) is 5. The normalized spacial score (nSPS) is 18.4. The van der Waals surface area contributed by atoms with Crippen LogP contribution in [0.15, 0.2) is 34.9 Å². The third kappa shape index (κ3) is 3.21. The Hall–Kier alpha value is -1.95. The van der Waals surface area contributed by atoms with Crippen LogP contribution in [-0.2, 0) is 0 Å². The van der Waals surface area contributed by atoms with Crippen LogP contribution >= 0.6 is 11.8 Å². The first kappa shape index (κ1) is 14.0. The Morgan fingerprint density at radius 3 is 3.00 bits per heavy atom. The van der Waals surface area contributed by atoms with Crippen molar-refractivity contribution in [3.8, 4) is 17.0 Å². The van der Waals surface area contributed by atoms with Crippen molar-refractivity contribution in [2.45, 2.75) is 18.9 Å². The Morgan fingerprint density at radius 1 is 1.43 bits per heavy atom. The molecule has 3 rings (SSSR count). The van der Waals surface area contributed by atoms with Crippen molar-refractivity contribution in [3.63, 3.8) is 0 Å². The number of carbonyl (C=O) groups is 1. The van der Waals surface area contributed by atoms with Crippen LogP contribution in [0.2, 0.25) is 0 Å². The summed E-state index contributed by atoms with van der Waals surface area (Å²) in [6.07, 6.45) is 2.39. The van der Waals surface area contributed by atoms with Gasteiger partial charge in [-0.1, -0.05) is 17.3 Å². The Balaban J connectivity index is 1.85. The van der Waals surface area contributed by atoms with E-state index in [0.717, 1.165) is 29.9 Å². The van der Waals surface area contributed by atoms with Crippen LogP contribution in [0.4, 0.5) is 0 Å². The van der Waals surface area contributed by atoms with E-state index in [2.05, 4.69) is 5.16 Å². The highest BCUT2D eigenvalue weighted by molar-refractivity contribution is 7.99. The lowest BCUT2D eigenvalue weighted by Crippen LogP contribution is -2.23. The lowest BCUT2D eigenvalue weighted by atomic mass is 10.1. The molecule has 5 nitrogen and oxygen atoms in total. The average molecular weight is 305 g/mol. The number of thioether (sulfide) groups is 1. The Bertz CT molecular complexity index is 634. The number of rotatable bonds is 4. The second-order valence-corrected chi connectivity index (χ2v) is 5.98. The van der Waals surface area contributed by atoms with Crippen LogP contribution in [0.1, 0.15) is 23.4 Å². The standard InChI is InChI=1S/C15H15NO4S/c17-15(18)14-8-12(16-20-14)11-5-1-2-6-13(11)19-10-4-3-7-21-9-10/h1-2,5-6,8,10H,3-4,7,9H2,(H,17,18). The molecule has 2 aromatic rings. The van der Waals surface area contributed by atoms with Gasteiger partial charge in [-0.25, -0.2) is 4.79 Å². The molecule has 1 N–H and O–H groups in total. The first-order valence-electron chi connectivity index (χ1n) is 6.78. The molecule has 1 aliphatic rings. The molecule has 0 bridgehead atoms. The monoisotopic (exact) mass is 305 g/mol. The molecule has 2 heterocycles. The fourth-order valence-electron chi connectivity index (χ4n) is 2.27. The third-order valence-corrected chi connectivity index (χ3v) is 4.48. The Labute approximate surface area is 126 Å². The van der Waals surface area contributed by atoms with Gasteiger partial charge in [0.25, 0.3) is 0 Å². The Morgan fingerprint density at radius 2 is 2.29 bits per heavy atom. The quantitative estimate of drug-likeness (QED) is 0.934. The summed E-state index contributed by atoms with van der Waals surface area (Å²) in [5, 5.41) is 12.7. The van der Waals surface area contributed by atoms with Gasteiger partial charge in [-0.05, 0) is 30.7 Å². The van der Waals surface area contributed by atoms with E-state index in [4.69, 9.17) is 14.4 Å². The first-order chi connectivity index (χ1) is 10.2. The van der Waals surface area contributed by atoms with Crippen molar-refractivity contribution in [1.82, 2.24) is 5.16 Å². The second kappa shape index (κ2) is 6.22. The van der Waals surface area contributed by atoms with Gasteiger partial charge in [0, 0.05) is 17.4 Å². The van der Waals surface area contributed by atoms with Crippen molar-refractivity contribution < 1.29 is 19.2 Å². The van der Waals surface area contributed by atoms with Crippen molar-refractivity contribution in [3.05, 3.63) is 36.1 Å². The van der Waals surface area contributed by atoms with Gasteiger partial charge >= 0.3 is 5.97 Å². The highest BCUT2D eigenvalue weighted by Crippen LogP contribution is 2.32. The van der Waals surface area contributed by atoms with E-state index in [-0.39, 0.29) is 11.9 Å². The minimum absolute atomic E-state index is 0.173. The summed E-state index contributed by atoms with van der Waals surface area (Å²) in [4.78, 5) is 10.9. The maximum atomic E-state index is 10.9. The van der Waals surface area contributed by atoms with Crippen molar-refractivity contribution >= 4 is 17.7 Å². The molecular formula is C15H15NO4S. The number of benzene rings is 1. The summed E-state index contributed by atoms with van der Waals surface area (Å²) < 4.78 is 10.9. The van der Waals surface area contributed by atoms with Gasteiger partial charge in [-0.15, -0.1) is 0 Å². The van der Waals surface area contributed by atoms with E-state index in [0.29, 0.717) is 5.69 Å². The zero-order valence-electron chi connectivity index (χ0n) is 11.3. The number of ether oxygens (including phenoxy) is 1. The molecule has 0 saturated carbocycles. The molecular weight excluding hydrogens is 290 g/mol. The van der Waals surface area contributed by atoms with Crippen LogP contribution in [0.3, 0.4) is 0 Å². The summed E-state index contributed by atoms with van der Waals surface area (Å²) in [5.41, 5.74) is 1.23. The largest absolute Gasteiger partial charge is 0.489 e. The van der Waals surface area contributed by atoms with E-state index in [1.165, 1.54) is 11.8 Å². The lowest BCUT2D eigenvalue weighted by molar-refractivity contribution is 0.0652. The van der Waals surface area contributed by atoms with E-state index in [9.17, 15) is 4.79 Å². The van der Waals surface area contributed by atoms with Gasteiger partial charge in [-0.2, -0.15) is 11.8 Å². The fourth-order valence-corrected chi connectivity index (χ4v) is 3.30. The highest BCUT2D eigenvalue weighted by atomic mass is 32.2. The number of aromatic carboxylic acids is 1. The second-order valence-electron chi connectivity index (χ2n) is 4.83. The van der Waals surface area contributed by atoms with Crippen molar-refractivity contribution in [1.29, 1.82) is 0 Å². The maximum Gasteiger partial charge on any atom is 0.374 e.